The van der Waals surface area contributed by atoms with E-state index in [2.05, 4.69) is 13.2 Å². The van der Waals surface area contributed by atoms with Gasteiger partial charge in [0.15, 0.2) is 0 Å². The number of rotatable bonds is 18. The molecule has 0 aromatic heterocycles. The van der Waals surface area contributed by atoms with Crippen LogP contribution in [0.1, 0.15) is 103 Å². The van der Waals surface area contributed by atoms with Crippen molar-refractivity contribution >= 4 is 11.9 Å². The number of hydrogen-bond acceptors (Lipinski definition) is 4. The van der Waals surface area contributed by atoms with E-state index in [-0.39, 0.29) is 29.9 Å². The third kappa shape index (κ3) is 36.6. The smallest absolute Gasteiger partial charge is 0.550 e. The zero-order valence-corrected chi connectivity index (χ0v) is 17.8. The molecule has 4 nitrogen and oxygen atoms in total. The van der Waals surface area contributed by atoms with E-state index in [1.807, 2.05) is 12.2 Å². The standard InChI is InChI=1S/2C11H20O2.Cu/c2*1-2-3-4-5-6-7-8-9-10-11(12)13;/h2*2H,1,3-10H2,(H,12,13);/q;;+2/p-2. The molecule has 0 heterocycles. The van der Waals surface area contributed by atoms with Crippen molar-refractivity contribution in [3.05, 3.63) is 25.3 Å². The number of carbonyl (C=O) groups excluding carboxylic acids is 2. The molecule has 0 saturated carbocycles. The number of allylic oxidation sites excluding steroid dienone is 2. The van der Waals surface area contributed by atoms with Gasteiger partial charge in [-0.3, -0.25) is 0 Å². The molecule has 0 N–H and O–H groups in total. The van der Waals surface area contributed by atoms with Gasteiger partial charge < -0.3 is 19.8 Å². The Kier molecular flexibility index (Phi) is 30.8. The third-order valence-electron chi connectivity index (χ3n) is 4.08. The van der Waals surface area contributed by atoms with E-state index < -0.39 is 11.9 Å². The predicted octanol–water partition coefficient (Wildman–Crippen LogP) is 4.08. The van der Waals surface area contributed by atoms with Crippen molar-refractivity contribution in [1.29, 1.82) is 0 Å². The average Bonchev–Trinajstić information content (AvgIpc) is 2.60. The van der Waals surface area contributed by atoms with Crippen molar-refractivity contribution in [2.24, 2.45) is 0 Å². The fraction of sp³-hybridized carbons (Fsp3) is 0.727. The second kappa shape index (κ2) is 27.2. The van der Waals surface area contributed by atoms with E-state index >= 15 is 0 Å². The fourth-order valence-electron chi connectivity index (χ4n) is 2.53. The maximum absolute atomic E-state index is 10.1. The molecule has 0 aliphatic rings. The fourth-order valence-corrected chi connectivity index (χ4v) is 2.53. The molecular formula is C22H38CuO4. The van der Waals surface area contributed by atoms with E-state index in [0.717, 1.165) is 51.4 Å². The number of unbranched alkanes of at least 4 members (excludes halogenated alkanes) is 12. The van der Waals surface area contributed by atoms with Gasteiger partial charge in [-0.05, 0) is 51.4 Å². The molecule has 161 valence electrons. The monoisotopic (exact) mass is 429 g/mol. The maximum Gasteiger partial charge on any atom is 2.00 e. The number of carboxylic acids is 2. The maximum atomic E-state index is 10.1. The molecule has 1 radical (unpaired) electrons. The van der Waals surface area contributed by atoms with Crippen LogP contribution >= 0.6 is 0 Å². The van der Waals surface area contributed by atoms with Crippen LogP contribution in [0.4, 0.5) is 0 Å². The minimum Gasteiger partial charge on any atom is -0.550 e. The molecule has 0 aliphatic carbocycles. The van der Waals surface area contributed by atoms with Gasteiger partial charge in [0.1, 0.15) is 0 Å². The molecule has 0 atom stereocenters. The van der Waals surface area contributed by atoms with Gasteiger partial charge in [0.25, 0.3) is 0 Å². The van der Waals surface area contributed by atoms with Gasteiger partial charge in [-0.1, -0.05) is 63.5 Å². The summed E-state index contributed by atoms with van der Waals surface area (Å²) in [5.74, 6) is -1.85. The van der Waals surface area contributed by atoms with Crippen molar-refractivity contribution in [3.63, 3.8) is 0 Å². The molecule has 0 fully saturated rings. The predicted molar refractivity (Wildman–Crippen MR) is 104 cm³/mol. The topological polar surface area (TPSA) is 80.3 Å². The molecule has 0 aliphatic heterocycles. The molecule has 0 spiro atoms. The zero-order valence-electron chi connectivity index (χ0n) is 16.8. The van der Waals surface area contributed by atoms with Gasteiger partial charge in [-0.25, -0.2) is 0 Å². The van der Waals surface area contributed by atoms with E-state index in [9.17, 15) is 19.8 Å². The third-order valence-corrected chi connectivity index (χ3v) is 4.08. The first-order valence-corrected chi connectivity index (χ1v) is 10.2. The normalized spacial score (nSPS) is 9.48. The van der Waals surface area contributed by atoms with Crippen LogP contribution in [0, 0.1) is 0 Å². The molecule has 0 aromatic carbocycles. The average molecular weight is 430 g/mol. The quantitative estimate of drug-likeness (QED) is 0.187. The number of carboxylic acid groups (broad SMARTS) is 2. The first-order valence-electron chi connectivity index (χ1n) is 10.2. The minimum absolute atomic E-state index is 0. The van der Waals surface area contributed by atoms with Crippen molar-refractivity contribution in [3.8, 4) is 0 Å². The van der Waals surface area contributed by atoms with Crippen LogP contribution in [0.15, 0.2) is 25.3 Å². The minimum atomic E-state index is -0.924. The van der Waals surface area contributed by atoms with Crippen LogP contribution in [-0.2, 0) is 26.7 Å². The van der Waals surface area contributed by atoms with Crippen LogP contribution in [0.2, 0.25) is 0 Å². The van der Waals surface area contributed by atoms with E-state index in [1.54, 1.807) is 0 Å². The molecule has 0 unspecified atom stereocenters. The van der Waals surface area contributed by atoms with E-state index in [4.69, 9.17) is 0 Å². The molecule has 0 aromatic rings. The first kappa shape index (κ1) is 30.7. The molecular weight excluding hydrogens is 392 g/mol. The Labute approximate surface area is 177 Å². The summed E-state index contributed by atoms with van der Waals surface area (Å²) in [6, 6.07) is 0. The number of carbonyl (C=O) groups is 2. The second-order valence-electron chi connectivity index (χ2n) is 6.64. The van der Waals surface area contributed by atoms with Crippen molar-refractivity contribution < 1.29 is 36.9 Å². The Bertz CT molecular complexity index is 322. The van der Waals surface area contributed by atoms with E-state index in [0.29, 0.717) is 0 Å². The Morgan fingerprint density at radius 3 is 1.07 bits per heavy atom. The van der Waals surface area contributed by atoms with Crippen LogP contribution in [-0.4, -0.2) is 11.9 Å². The van der Waals surface area contributed by atoms with Crippen molar-refractivity contribution in [2.45, 2.75) is 103 Å². The second-order valence-corrected chi connectivity index (χ2v) is 6.64. The Morgan fingerprint density at radius 1 is 0.556 bits per heavy atom. The molecule has 0 rings (SSSR count). The van der Waals surface area contributed by atoms with Gasteiger partial charge in [0.05, 0.1) is 0 Å². The summed E-state index contributed by atoms with van der Waals surface area (Å²) in [6.07, 6.45) is 19.7. The van der Waals surface area contributed by atoms with Gasteiger partial charge in [-0.15, -0.1) is 13.2 Å². The molecule has 0 bridgehead atoms. The van der Waals surface area contributed by atoms with Gasteiger partial charge in [-0.2, -0.15) is 0 Å². The van der Waals surface area contributed by atoms with Gasteiger partial charge in [0.2, 0.25) is 0 Å². The van der Waals surface area contributed by atoms with Crippen LogP contribution in [0.25, 0.3) is 0 Å². The zero-order chi connectivity index (χ0) is 19.9. The van der Waals surface area contributed by atoms with E-state index in [1.165, 1.54) is 38.5 Å². The van der Waals surface area contributed by atoms with Crippen LogP contribution in [0.3, 0.4) is 0 Å². The first-order chi connectivity index (χ1) is 12.5. The SMILES string of the molecule is C=CCCCCCCCCC(=O)[O-].C=CCCCCCCCCC(=O)[O-].[Cu+2]. The molecule has 0 amide bonds. The van der Waals surface area contributed by atoms with Crippen LogP contribution < -0.4 is 10.2 Å². The van der Waals surface area contributed by atoms with Crippen molar-refractivity contribution in [1.82, 2.24) is 0 Å². The van der Waals surface area contributed by atoms with Crippen molar-refractivity contribution in [2.75, 3.05) is 0 Å². The Hall–Kier alpha value is -1.06. The van der Waals surface area contributed by atoms with Gasteiger partial charge >= 0.3 is 17.1 Å². The Morgan fingerprint density at radius 2 is 0.815 bits per heavy atom. The summed E-state index contributed by atoms with van der Waals surface area (Å²) < 4.78 is 0. The summed E-state index contributed by atoms with van der Waals surface area (Å²) in [5.41, 5.74) is 0. The summed E-state index contributed by atoms with van der Waals surface area (Å²) in [4.78, 5) is 20.1. The molecule has 5 heteroatoms. The Balaban J connectivity index is -0.000000411. The molecule has 27 heavy (non-hydrogen) atoms. The largest absolute Gasteiger partial charge is 2.00 e. The summed E-state index contributed by atoms with van der Waals surface area (Å²) >= 11 is 0. The van der Waals surface area contributed by atoms with Gasteiger partial charge in [0, 0.05) is 11.9 Å². The summed E-state index contributed by atoms with van der Waals surface area (Å²) in [7, 11) is 0. The molecule has 0 saturated heterocycles. The number of hydrogen-bond donors (Lipinski definition) is 0. The summed E-state index contributed by atoms with van der Waals surface area (Å²) in [5, 5.41) is 20.1. The number of aliphatic carboxylic acids is 2. The summed E-state index contributed by atoms with van der Waals surface area (Å²) in [6.45, 7) is 7.31. The van der Waals surface area contributed by atoms with Crippen LogP contribution in [0.5, 0.6) is 0 Å².